The number of anilines is 1. The van der Waals surface area contributed by atoms with Gasteiger partial charge >= 0.3 is 0 Å². The Hall–Kier alpha value is -1.62. The molecule has 5 heteroatoms. The maximum absolute atomic E-state index is 13.3. The zero-order valence-electron chi connectivity index (χ0n) is 12.8. The predicted molar refractivity (Wildman–Crippen MR) is 83.3 cm³/mol. The molecular formula is C17H23FN2O2. The summed E-state index contributed by atoms with van der Waals surface area (Å²) >= 11 is 0. The molecule has 0 atom stereocenters. The molecule has 22 heavy (non-hydrogen) atoms. The van der Waals surface area contributed by atoms with E-state index in [0.717, 1.165) is 44.5 Å². The monoisotopic (exact) mass is 306 g/mol. The Morgan fingerprint density at radius 3 is 2.59 bits per heavy atom. The third-order valence-corrected chi connectivity index (χ3v) is 4.61. The van der Waals surface area contributed by atoms with Crippen molar-refractivity contribution in [1.29, 1.82) is 0 Å². The maximum atomic E-state index is 13.3. The number of carbonyl (C=O) groups excluding carboxylic acids is 1. The molecule has 1 N–H and O–H groups in total. The van der Waals surface area contributed by atoms with Crippen molar-refractivity contribution in [3.8, 4) is 0 Å². The molecule has 2 heterocycles. The van der Waals surface area contributed by atoms with E-state index >= 15 is 0 Å². The summed E-state index contributed by atoms with van der Waals surface area (Å²) in [6.07, 6.45) is 3.47. The van der Waals surface area contributed by atoms with Crippen LogP contribution in [0.2, 0.25) is 0 Å². The summed E-state index contributed by atoms with van der Waals surface area (Å²) in [5.41, 5.74) is 0.925. The number of rotatable bonds is 3. The zero-order valence-corrected chi connectivity index (χ0v) is 12.8. The van der Waals surface area contributed by atoms with Gasteiger partial charge in [-0.05, 0) is 43.9 Å². The Morgan fingerprint density at radius 1 is 1.18 bits per heavy atom. The number of hydrogen-bond donors (Lipinski definition) is 1. The van der Waals surface area contributed by atoms with Crippen LogP contribution in [0.3, 0.4) is 0 Å². The average molecular weight is 306 g/mol. The summed E-state index contributed by atoms with van der Waals surface area (Å²) in [4.78, 5) is 14.4. The fourth-order valence-electron chi connectivity index (χ4n) is 3.23. The molecule has 4 nitrogen and oxygen atoms in total. The van der Waals surface area contributed by atoms with Crippen molar-refractivity contribution in [2.45, 2.75) is 31.7 Å². The van der Waals surface area contributed by atoms with E-state index in [1.54, 1.807) is 12.1 Å². The lowest BCUT2D eigenvalue weighted by Gasteiger charge is -2.34. The molecule has 0 saturated carbocycles. The summed E-state index contributed by atoms with van der Waals surface area (Å²) in [6, 6.07) is 6.94. The first kappa shape index (κ1) is 15.3. The Labute approximate surface area is 130 Å². The van der Waals surface area contributed by atoms with E-state index in [-0.39, 0.29) is 23.7 Å². The quantitative estimate of drug-likeness (QED) is 0.932. The molecule has 1 amide bonds. The number of amides is 1. The van der Waals surface area contributed by atoms with Crippen LogP contribution in [0.25, 0.3) is 0 Å². The standard InChI is InChI=1S/C17H23FN2O2/c18-14-2-1-3-16(12-14)20-8-4-15(5-9-20)19-17(21)13-6-10-22-11-7-13/h1-3,12-13,15H,4-11H2,(H,19,21). The van der Waals surface area contributed by atoms with Crippen molar-refractivity contribution in [3.63, 3.8) is 0 Å². The molecule has 0 radical (unpaired) electrons. The normalized spacial score (nSPS) is 20.9. The van der Waals surface area contributed by atoms with Gasteiger partial charge in [-0.25, -0.2) is 4.39 Å². The van der Waals surface area contributed by atoms with Crippen LogP contribution in [0.15, 0.2) is 24.3 Å². The van der Waals surface area contributed by atoms with Crippen LogP contribution in [0, 0.1) is 11.7 Å². The van der Waals surface area contributed by atoms with Crippen LogP contribution in [-0.4, -0.2) is 38.3 Å². The molecule has 0 aliphatic carbocycles. The van der Waals surface area contributed by atoms with E-state index in [1.165, 1.54) is 6.07 Å². The molecule has 1 aromatic rings. The van der Waals surface area contributed by atoms with Gasteiger partial charge in [-0.2, -0.15) is 0 Å². The van der Waals surface area contributed by atoms with Gasteiger partial charge in [-0.1, -0.05) is 6.07 Å². The zero-order chi connectivity index (χ0) is 15.4. The fraction of sp³-hybridized carbons (Fsp3) is 0.588. The van der Waals surface area contributed by atoms with Crippen LogP contribution < -0.4 is 10.2 Å². The number of nitrogens with one attached hydrogen (secondary N) is 1. The van der Waals surface area contributed by atoms with Crippen molar-refractivity contribution in [2.75, 3.05) is 31.2 Å². The maximum Gasteiger partial charge on any atom is 0.223 e. The van der Waals surface area contributed by atoms with Gasteiger partial charge in [0.05, 0.1) is 0 Å². The SMILES string of the molecule is O=C(NC1CCN(c2cccc(F)c2)CC1)C1CCOCC1. The fourth-order valence-corrected chi connectivity index (χ4v) is 3.23. The van der Waals surface area contributed by atoms with Gasteiger partial charge in [0.15, 0.2) is 0 Å². The second-order valence-electron chi connectivity index (χ2n) is 6.14. The van der Waals surface area contributed by atoms with Crippen molar-refractivity contribution in [3.05, 3.63) is 30.1 Å². The van der Waals surface area contributed by atoms with Gasteiger partial charge < -0.3 is 15.0 Å². The molecule has 0 spiro atoms. The molecule has 0 aromatic heterocycles. The van der Waals surface area contributed by atoms with Crippen LogP contribution in [-0.2, 0) is 9.53 Å². The first-order chi connectivity index (χ1) is 10.7. The molecule has 2 aliphatic heterocycles. The number of benzene rings is 1. The van der Waals surface area contributed by atoms with Crippen LogP contribution in [0.4, 0.5) is 10.1 Å². The number of ether oxygens (including phenoxy) is 1. The lowest BCUT2D eigenvalue weighted by Crippen LogP contribution is -2.47. The highest BCUT2D eigenvalue weighted by Gasteiger charge is 2.26. The average Bonchev–Trinajstić information content (AvgIpc) is 2.56. The van der Waals surface area contributed by atoms with Crippen LogP contribution in [0.5, 0.6) is 0 Å². The first-order valence-corrected chi connectivity index (χ1v) is 8.11. The highest BCUT2D eigenvalue weighted by molar-refractivity contribution is 5.79. The van der Waals surface area contributed by atoms with Crippen molar-refractivity contribution < 1.29 is 13.9 Å². The smallest absolute Gasteiger partial charge is 0.223 e. The summed E-state index contributed by atoms with van der Waals surface area (Å²) in [5, 5.41) is 3.18. The molecule has 0 bridgehead atoms. The Bertz CT molecular complexity index is 509. The van der Waals surface area contributed by atoms with Crippen molar-refractivity contribution in [2.24, 2.45) is 5.92 Å². The van der Waals surface area contributed by atoms with Gasteiger partial charge in [0, 0.05) is 44.0 Å². The van der Waals surface area contributed by atoms with E-state index in [2.05, 4.69) is 10.2 Å². The summed E-state index contributed by atoms with van der Waals surface area (Å²) in [7, 11) is 0. The number of halogens is 1. The van der Waals surface area contributed by atoms with Crippen molar-refractivity contribution >= 4 is 11.6 Å². The third kappa shape index (κ3) is 3.77. The summed E-state index contributed by atoms with van der Waals surface area (Å²) in [6.45, 7) is 3.08. The van der Waals surface area contributed by atoms with Gasteiger partial charge in [-0.15, -0.1) is 0 Å². The molecule has 0 unspecified atom stereocenters. The predicted octanol–water partition coefficient (Wildman–Crippen LogP) is 2.34. The molecule has 1 aromatic carbocycles. The van der Waals surface area contributed by atoms with Gasteiger partial charge in [0.2, 0.25) is 5.91 Å². The largest absolute Gasteiger partial charge is 0.381 e. The minimum atomic E-state index is -0.201. The van der Waals surface area contributed by atoms with Gasteiger partial charge in [0.1, 0.15) is 5.82 Å². The lowest BCUT2D eigenvalue weighted by molar-refractivity contribution is -0.128. The Morgan fingerprint density at radius 2 is 1.91 bits per heavy atom. The molecule has 2 saturated heterocycles. The minimum absolute atomic E-state index is 0.106. The van der Waals surface area contributed by atoms with Gasteiger partial charge in [-0.3, -0.25) is 4.79 Å². The van der Waals surface area contributed by atoms with E-state index < -0.39 is 0 Å². The lowest BCUT2D eigenvalue weighted by atomic mass is 9.97. The second kappa shape index (κ2) is 7.09. The van der Waals surface area contributed by atoms with E-state index in [4.69, 9.17) is 4.74 Å². The summed E-state index contributed by atoms with van der Waals surface area (Å²) < 4.78 is 18.6. The van der Waals surface area contributed by atoms with Crippen molar-refractivity contribution in [1.82, 2.24) is 5.32 Å². The highest BCUT2D eigenvalue weighted by Crippen LogP contribution is 2.21. The number of piperidine rings is 1. The molecule has 120 valence electrons. The second-order valence-corrected chi connectivity index (χ2v) is 6.14. The molecule has 3 rings (SSSR count). The number of nitrogens with zero attached hydrogens (tertiary/aromatic N) is 1. The first-order valence-electron chi connectivity index (χ1n) is 8.11. The van der Waals surface area contributed by atoms with E-state index in [1.807, 2.05) is 6.07 Å². The molecular weight excluding hydrogens is 283 g/mol. The topological polar surface area (TPSA) is 41.6 Å². The Kier molecular flexibility index (Phi) is 4.93. The number of hydrogen-bond acceptors (Lipinski definition) is 3. The summed E-state index contributed by atoms with van der Waals surface area (Å²) in [5.74, 6) is 0.0787. The minimum Gasteiger partial charge on any atom is -0.381 e. The molecule has 2 aliphatic rings. The van der Waals surface area contributed by atoms with E-state index in [9.17, 15) is 9.18 Å². The molecule has 2 fully saturated rings. The van der Waals surface area contributed by atoms with Crippen LogP contribution >= 0.6 is 0 Å². The van der Waals surface area contributed by atoms with Crippen LogP contribution in [0.1, 0.15) is 25.7 Å². The Balaban J connectivity index is 1.48. The third-order valence-electron chi connectivity index (χ3n) is 4.61. The van der Waals surface area contributed by atoms with Gasteiger partial charge in [0.25, 0.3) is 0 Å². The number of carbonyl (C=O) groups is 1. The highest BCUT2D eigenvalue weighted by atomic mass is 19.1. The van der Waals surface area contributed by atoms with E-state index in [0.29, 0.717) is 13.2 Å².